The van der Waals surface area contributed by atoms with Gasteiger partial charge in [0.2, 0.25) is 10.0 Å². The van der Waals surface area contributed by atoms with Gasteiger partial charge >= 0.3 is 6.18 Å². The van der Waals surface area contributed by atoms with E-state index >= 15 is 0 Å². The van der Waals surface area contributed by atoms with Crippen LogP contribution in [0.25, 0.3) is 11.3 Å². The Hall–Kier alpha value is -3.86. The molecule has 0 aliphatic carbocycles. The normalized spacial score (nSPS) is 16.8. The first-order chi connectivity index (χ1) is 21.2. The molecule has 1 amide bonds. The van der Waals surface area contributed by atoms with Crippen LogP contribution in [0.3, 0.4) is 0 Å². The monoisotopic (exact) mass is 650 g/mol. The number of alkyl halides is 3. The van der Waals surface area contributed by atoms with Crippen LogP contribution in [-0.2, 0) is 42.3 Å². The third kappa shape index (κ3) is 7.52. The number of nitrogens with one attached hydrogen (secondary N) is 1. The van der Waals surface area contributed by atoms with Crippen molar-refractivity contribution in [1.29, 1.82) is 0 Å². The van der Waals surface area contributed by atoms with Gasteiger partial charge in [0.25, 0.3) is 11.6 Å². The second-order valence-electron chi connectivity index (χ2n) is 11.3. The van der Waals surface area contributed by atoms with Crippen LogP contribution < -0.4 is 5.32 Å². The van der Waals surface area contributed by atoms with Gasteiger partial charge in [0.1, 0.15) is 0 Å². The van der Waals surface area contributed by atoms with Crippen molar-refractivity contribution in [1.82, 2.24) is 24.3 Å². The summed E-state index contributed by atoms with van der Waals surface area (Å²) >= 11 is 0. The molecule has 0 spiro atoms. The van der Waals surface area contributed by atoms with Crippen molar-refractivity contribution >= 4 is 21.6 Å². The standard InChI is InChI=1S/C29H33F3N6O6S/c1-45(43,44)36-13-10-26-24(18-36)27(34-37(26)17-23(39)16-35-11-2-3-12-35)20-6-9-25(29(30,31)32)21(14-20)15-33-28(40)19-4-7-22(8-5-19)38(41)42/h4-9,14,23,39H,2-3,10-13,15-18H2,1H3,(H,33,40). The molecule has 0 radical (unpaired) electrons. The van der Waals surface area contributed by atoms with Crippen LogP contribution in [0.15, 0.2) is 42.5 Å². The van der Waals surface area contributed by atoms with Gasteiger partial charge in [-0.3, -0.25) is 19.6 Å². The molecule has 2 aliphatic heterocycles. The first kappa shape index (κ1) is 32.5. The van der Waals surface area contributed by atoms with E-state index < -0.39 is 45.2 Å². The lowest BCUT2D eigenvalue weighted by Gasteiger charge is -2.26. The number of benzene rings is 2. The van der Waals surface area contributed by atoms with Gasteiger partial charge in [-0.15, -0.1) is 0 Å². The molecular weight excluding hydrogens is 617 g/mol. The van der Waals surface area contributed by atoms with Gasteiger partial charge in [0.15, 0.2) is 0 Å². The third-order valence-electron chi connectivity index (χ3n) is 8.08. The second kappa shape index (κ2) is 12.9. The molecule has 1 saturated heterocycles. The molecule has 1 aromatic heterocycles. The molecular formula is C29H33F3N6O6S. The van der Waals surface area contributed by atoms with Gasteiger partial charge in [-0.1, -0.05) is 6.07 Å². The molecule has 3 aromatic rings. The van der Waals surface area contributed by atoms with Gasteiger partial charge in [-0.25, -0.2) is 8.42 Å². The number of carbonyl (C=O) groups excluding carboxylic acids is 1. The summed E-state index contributed by atoms with van der Waals surface area (Å²) in [6, 6.07) is 8.09. The Kier molecular flexibility index (Phi) is 9.30. The fraction of sp³-hybridized carbons (Fsp3) is 0.448. The summed E-state index contributed by atoms with van der Waals surface area (Å²) in [6.07, 6.45) is -1.99. The summed E-state index contributed by atoms with van der Waals surface area (Å²) in [5, 5.41) is 28.9. The van der Waals surface area contributed by atoms with Crippen LogP contribution in [0.1, 0.15) is 45.6 Å². The maximum Gasteiger partial charge on any atom is 0.416 e. The van der Waals surface area contributed by atoms with Crippen LogP contribution in [-0.4, -0.2) is 81.9 Å². The van der Waals surface area contributed by atoms with Gasteiger partial charge in [-0.2, -0.15) is 22.6 Å². The Labute approximate surface area is 257 Å². The number of sulfonamides is 1. The van der Waals surface area contributed by atoms with E-state index in [-0.39, 0.29) is 36.4 Å². The number of carbonyl (C=O) groups is 1. The number of non-ortho nitro benzene ring substituents is 1. The Balaban J connectivity index is 1.47. The minimum Gasteiger partial charge on any atom is -0.390 e. The van der Waals surface area contributed by atoms with Crippen LogP contribution in [0, 0.1) is 10.1 Å². The van der Waals surface area contributed by atoms with Crippen molar-refractivity contribution < 1.29 is 36.4 Å². The number of β-amino-alcohol motifs (C(OH)–C–C–N with tert-alkyl or cyclic N) is 1. The number of hydrogen-bond acceptors (Lipinski definition) is 8. The number of likely N-dealkylation sites (tertiary alicyclic amines) is 1. The summed E-state index contributed by atoms with van der Waals surface area (Å²) < 4.78 is 69.8. The highest BCUT2D eigenvalue weighted by Gasteiger charge is 2.35. The highest BCUT2D eigenvalue weighted by Crippen LogP contribution is 2.37. The molecule has 45 heavy (non-hydrogen) atoms. The zero-order valence-electron chi connectivity index (χ0n) is 24.5. The molecule has 1 unspecified atom stereocenters. The Morgan fingerprint density at radius 3 is 2.42 bits per heavy atom. The zero-order valence-corrected chi connectivity index (χ0v) is 25.3. The lowest BCUT2D eigenvalue weighted by atomic mass is 9.97. The Bertz CT molecular complexity index is 1690. The molecule has 5 rings (SSSR count). The van der Waals surface area contributed by atoms with Gasteiger partial charge < -0.3 is 15.3 Å². The second-order valence-corrected chi connectivity index (χ2v) is 13.3. The number of fused-ring (bicyclic) bond motifs is 1. The molecule has 12 nitrogen and oxygen atoms in total. The summed E-state index contributed by atoms with van der Waals surface area (Å²) in [5.41, 5.74) is 0.418. The van der Waals surface area contributed by atoms with Crippen LogP contribution in [0.4, 0.5) is 18.9 Å². The largest absolute Gasteiger partial charge is 0.416 e. The number of hydrogen-bond donors (Lipinski definition) is 2. The van der Waals surface area contributed by atoms with Crippen molar-refractivity contribution in [2.75, 3.05) is 32.4 Å². The van der Waals surface area contributed by atoms with E-state index in [0.29, 0.717) is 35.5 Å². The lowest BCUT2D eigenvalue weighted by molar-refractivity contribution is -0.384. The molecule has 2 aliphatic rings. The zero-order chi connectivity index (χ0) is 32.5. The smallest absolute Gasteiger partial charge is 0.390 e. The molecule has 2 aromatic carbocycles. The maximum absolute atomic E-state index is 14.0. The minimum atomic E-state index is -4.74. The quantitative estimate of drug-likeness (QED) is 0.251. The number of nitrogens with zero attached hydrogens (tertiary/aromatic N) is 5. The predicted molar refractivity (Wildman–Crippen MR) is 158 cm³/mol. The van der Waals surface area contributed by atoms with Crippen molar-refractivity contribution in [2.45, 2.75) is 51.2 Å². The molecule has 16 heteroatoms. The van der Waals surface area contributed by atoms with Crippen LogP contribution in [0.5, 0.6) is 0 Å². The van der Waals surface area contributed by atoms with E-state index in [1.54, 1.807) is 4.68 Å². The highest BCUT2D eigenvalue weighted by molar-refractivity contribution is 7.88. The SMILES string of the molecule is CS(=O)(=O)N1CCc2c(c(-c3ccc(C(F)(F)F)c(CNC(=O)c4ccc([N+](=O)[O-])cc4)c3)nn2CC(O)CN2CCCC2)C1. The van der Waals surface area contributed by atoms with E-state index in [2.05, 4.69) is 15.3 Å². The first-order valence-electron chi connectivity index (χ1n) is 14.4. The average Bonchev–Trinajstić information content (AvgIpc) is 3.62. The summed E-state index contributed by atoms with van der Waals surface area (Å²) in [7, 11) is -3.58. The van der Waals surface area contributed by atoms with E-state index in [0.717, 1.165) is 50.4 Å². The van der Waals surface area contributed by atoms with Crippen molar-refractivity contribution in [2.24, 2.45) is 0 Å². The topological polar surface area (TPSA) is 151 Å². The maximum atomic E-state index is 14.0. The average molecular weight is 651 g/mol. The van der Waals surface area contributed by atoms with Crippen LogP contribution in [0.2, 0.25) is 0 Å². The minimum absolute atomic E-state index is 0.0288. The first-order valence-corrected chi connectivity index (χ1v) is 16.2. The fourth-order valence-electron chi connectivity index (χ4n) is 5.83. The molecule has 1 atom stereocenters. The third-order valence-corrected chi connectivity index (χ3v) is 9.33. The van der Waals surface area contributed by atoms with Crippen LogP contribution >= 0.6 is 0 Å². The number of aromatic nitrogens is 2. The van der Waals surface area contributed by atoms with Crippen molar-refractivity contribution in [3.8, 4) is 11.3 Å². The number of nitro groups is 1. The summed E-state index contributed by atoms with van der Waals surface area (Å²) in [5.74, 6) is -0.721. The molecule has 2 N–H and O–H groups in total. The Morgan fingerprint density at radius 2 is 1.80 bits per heavy atom. The number of aliphatic hydroxyl groups is 1. The highest BCUT2D eigenvalue weighted by atomic mass is 32.2. The number of halogens is 3. The van der Waals surface area contributed by atoms with E-state index in [4.69, 9.17) is 0 Å². The van der Waals surface area contributed by atoms with E-state index in [1.807, 2.05) is 0 Å². The molecule has 3 heterocycles. The summed E-state index contributed by atoms with van der Waals surface area (Å²) in [6.45, 7) is 2.02. The van der Waals surface area contributed by atoms with Crippen molar-refractivity contribution in [3.63, 3.8) is 0 Å². The van der Waals surface area contributed by atoms with Crippen molar-refractivity contribution in [3.05, 3.63) is 80.5 Å². The molecule has 1 fully saturated rings. The predicted octanol–water partition coefficient (Wildman–Crippen LogP) is 3.18. The van der Waals surface area contributed by atoms with E-state index in [9.17, 15) is 41.6 Å². The number of rotatable bonds is 10. The number of amides is 1. The van der Waals surface area contributed by atoms with Gasteiger partial charge in [-0.05, 0) is 55.8 Å². The number of aliphatic hydroxyl groups excluding tert-OH is 1. The molecule has 0 bridgehead atoms. The van der Waals surface area contributed by atoms with Gasteiger partial charge in [0, 0.05) is 67.1 Å². The molecule has 0 saturated carbocycles. The van der Waals surface area contributed by atoms with E-state index in [1.165, 1.54) is 28.6 Å². The lowest BCUT2D eigenvalue weighted by Crippen LogP contribution is -2.37. The summed E-state index contributed by atoms with van der Waals surface area (Å²) in [4.78, 5) is 25.1. The molecule has 242 valence electrons. The Morgan fingerprint density at radius 1 is 1.11 bits per heavy atom. The van der Waals surface area contributed by atoms with Gasteiger partial charge in [0.05, 0.1) is 35.1 Å². The fourth-order valence-corrected chi connectivity index (χ4v) is 6.62. The number of nitro benzene ring substituents is 1.